The molecule has 1 N–H and O–H groups in total. The predicted octanol–water partition coefficient (Wildman–Crippen LogP) is 4.79. The molecule has 0 bridgehead atoms. The highest BCUT2D eigenvalue weighted by atomic mass is 16.2. The van der Waals surface area contributed by atoms with Gasteiger partial charge in [-0.1, -0.05) is 79.4 Å². The van der Waals surface area contributed by atoms with Crippen LogP contribution >= 0.6 is 0 Å². The zero-order valence-electron chi connectivity index (χ0n) is 18.3. The van der Waals surface area contributed by atoms with E-state index in [4.69, 9.17) is 0 Å². The average molecular weight is 407 g/mol. The summed E-state index contributed by atoms with van der Waals surface area (Å²) in [6.45, 7) is 4.36. The number of rotatable bonds is 8. The Bertz CT molecular complexity index is 811. The Morgan fingerprint density at radius 3 is 2.30 bits per heavy atom. The van der Waals surface area contributed by atoms with Crippen LogP contribution in [0.5, 0.6) is 0 Å². The van der Waals surface area contributed by atoms with Crippen LogP contribution in [0.2, 0.25) is 0 Å². The minimum Gasteiger partial charge on any atom is -0.352 e. The van der Waals surface area contributed by atoms with Gasteiger partial charge < -0.3 is 10.2 Å². The van der Waals surface area contributed by atoms with E-state index in [1.54, 1.807) is 4.90 Å². The molecular formula is C26H34N2O2. The first-order valence-electron chi connectivity index (χ1n) is 11.2. The topological polar surface area (TPSA) is 49.4 Å². The molecule has 2 amide bonds. The molecule has 0 aromatic heterocycles. The summed E-state index contributed by atoms with van der Waals surface area (Å²) in [7, 11) is 0. The van der Waals surface area contributed by atoms with E-state index in [0.717, 1.165) is 24.0 Å². The molecule has 0 radical (unpaired) electrons. The largest absolute Gasteiger partial charge is 0.352 e. The monoisotopic (exact) mass is 406 g/mol. The van der Waals surface area contributed by atoms with Crippen molar-refractivity contribution in [3.8, 4) is 0 Å². The average Bonchev–Trinajstić information content (AvgIpc) is 2.78. The molecule has 1 aliphatic rings. The van der Waals surface area contributed by atoms with Gasteiger partial charge in [0.25, 0.3) is 0 Å². The van der Waals surface area contributed by atoms with Crippen LogP contribution < -0.4 is 5.32 Å². The van der Waals surface area contributed by atoms with Gasteiger partial charge in [0.05, 0.1) is 0 Å². The molecular weight excluding hydrogens is 372 g/mol. The maximum Gasteiger partial charge on any atom is 0.242 e. The molecule has 4 heteroatoms. The third-order valence-corrected chi connectivity index (χ3v) is 6.06. The number of benzene rings is 2. The van der Waals surface area contributed by atoms with Gasteiger partial charge in [0.2, 0.25) is 11.8 Å². The molecule has 0 saturated heterocycles. The second kappa shape index (κ2) is 11.0. The van der Waals surface area contributed by atoms with Gasteiger partial charge in [0.1, 0.15) is 6.04 Å². The summed E-state index contributed by atoms with van der Waals surface area (Å²) in [4.78, 5) is 27.9. The lowest BCUT2D eigenvalue weighted by Gasteiger charge is -2.31. The van der Waals surface area contributed by atoms with E-state index in [1.807, 2.05) is 37.3 Å². The fourth-order valence-corrected chi connectivity index (χ4v) is 4.08. The zero-order chi connectivity index (χ0) is 21.3. The van der Waals surface area contributed by atoms with Gasteiger partial charge in [0.15, 0.2) is 0 Å². The summed E-state index contributed by atoms with van der Waals surface area (Å²) in [5.74, 6) is -0.0211. The summed E-state index contributed by atoms with van der Waals surface area (Å²) >= 11 is 0. The van der Waals surface area contributed by atoms with Crippen molar-refractivity contribution in [1.82, 2.24) is 10.2 Å². The van der Waals surface area contributed by atoms with Crippen LogP contribution in [0.1, 0.15) is 62.1 Å². The molecule has 1 fully saturated rings. The lowest BCUT2D eigenvalue weighted by atomic mass is 9.95. The Hall–Kier alpha value is -2.62. The normalized spacial score (nSPS) is 15.4. The maximum atomic E-state index is 13.2. The van der Waals surface area contributed by atoms with Gasteiger partial charge in [-0.05, 0) is 44.2 Å². The maximum absolute atomic E-state index is 13.2. The number of nitrogens with zero attached hydrogens (tertiary/aromatic N) is 1. The highest BCUT2D eigenvalue weighted by molar-refractivity contribution is 5.87. The van der Waals surface area contributed by atoms with Crippen LogP contribution in [0.25, 0.3) is 0 Å². The van der Waals surface area contributed by atoms with Crippen LogP contribution in [0, 0.1) is 6.92 Å². The highest BCUT2D eigenvalue weighted by Crippen LogP contribution is 2.19. The van der Waals surface area contributed by atoms with Gasteiger partial charge in [-0.2, -0.15) is 0 Å². The second-order valence-electron chi connectivity index (χ2n) is 8.51. The highest BCUT2D eigenvalue weighted by Gasteiger charge is 2.27. The van der Waals surface area contributed by atoms with E-state index in [1.165, 1.54) is 24.8 Å². The fourth-order valence-electron chi connectivity index (χ4n) is 4.08. The summed E-state index contributed by atoms with van der Waals surface area (Å²) in [5, 5.41) is 3.19. The molecule has 3 rings (SSSR count). The van der Waals surface area contributed by atoms with Crippen LogP contribution in [0.15, 0.2) is 54.6 Å². The minimum atomic E-state index is -0.488. The predicted molar refractivity (Wildman–Crippen MR) is 121 cm³/mol. The number of aryl methyl sites for hydroxylation is 2. The lowest BCUT2D eigenvalue weighted by molar-refractivity contribution is -0.141. The molecule has 160 valence electrons. The second-order valence-corrected chi connectivity index (χ2v) is 8.51. The van der Waals surface area contributed by atoms with Crippen molar-refractivity contribution in [2.24, 2.45) is 0 Å². The molecule has 0 unspecified atom stereocenters. The Labute approximate surface area is 180 Å². The molecule has 0 heterocycles. The summed E-state index contributed by atoms with van der Waals surface area (Å²) in [5.41, 5.74) is 3.40. The fraction of sp³-hybridized carbons (Fsp3) is 0.462. The molecule has 1 atom stereocenters. The SMILES string of the molecule is Cc1ccc(CCC(=O)N(Cc2ccccc2)[C@@H](C)C(=O)NC2CCCCC2)cc1. The van der Waals surface area contributed by atoms with E-state index >= 15 is 0 Å². The molecule has 2 aromatic rings. The standard InChI is InChI=1S/C26H34N2O2/c1-20-13-15-22(16-14-20)17-18-25(29)28(19-23-9-5-3-6-10-23)21(2)26(30)27-24-11-7-4-8-12-24/h3,5-6,9-10,13-16,21,24H,4,7-8,11-12,17-19H2,1-2H3,(H,27,30)/t21-/m0/s1. The number of carbonyl (C=O) groups excluding carboxylic acids is 2. The van der Waals surface area contributed by atoms with Gasteiger partial charge in [0, 0.05) is 19.0 Å². The third-order valence-electron chi connectivity index (χ3n) is 6.06. The Kier molecular flexibility index (Phi) is 8.06. The van der Waals surface area contributed by atoms with Crippen molar-refractivity contribution in [3.05, 3.63) is 71.3 Å². The van der Waals surface area contributed by atoms with Crippen molar-refractivity contribution in [3.63, 3.8) is 0 Å². The van der Waals surface area contributed by atoms with Crippen LogP contribution in [-0.2, 0) is 22.6 Å². The first kappa shape index (κ1) is 22.1. The van der Waals surface area contributed by atoms with Gasteiger partial charge in [-0.15, -0.1) is 0 Å². The first-order chi connectivity index (χ1) is 14.5. The molecule has 1 aliphatic carbocycles. The molecule has 0 spiro atoms. The number of hydrogen-bond acceptors (Lipinski definition) is 2. The molecule has 2 aromatic carbocycles. The van der Waals surface area contributed by atoms with Crippen molar-refractivity contribution in [1.29, 1.82) is 0 Å². The molecule has 30 heavy (non-hydrogen) atoms. The number of hydrogen-bond donors (Lipinski definition) is 1. The smallest absolute Gasteiger partial charge is 0.242 e. The van der Waals surface area contributed by atoms with Crippen LogP contribution in [0.3, 0.4) is 0 Å². The Morgan fingerprint density at radius 2 is 1.63 bits per heavy atom. The van der Waals surface area contributed by atoms with Crippen LogP contribution in [0.4, 0.5) is 0 Å². The Morgan fingerprint density at radius 1 is 0.967 bits per heavy atom. The minimum absolute atomic E-state index is 0.0192. The number of carbonyl (C=O) groups is 2. The summed E-state index contributed by atoms with van der Waals surface area (Å²) in [6, 6.07) is 18.0. The molecule has 4 nitrogen and oxygen atoms in total. The Balaban J connectivity index is 1.67. The number of nitrogens with one attached hydrogen (secondary N) is 1. The third kappa shape index (κ3) is 6.45. The van der Waals surface area contributed by atoms with Crippen molar-refractivity contribution in [2.75, 3.05) is 0 Å². The quantitative estimate of drug-likeness (QED) is 0.685. The van der Waals surface area contributed by atoms with E-state index in [2.05, 4.69) is 36.5 Å². The van der Waals surface area contributed by atoms with E-state index in [-0.39, 0.29) is 17.9 Å². The zero-order valence-corrected chi connectivity index (χ0v) is 18.3. The van der Waals surface area contributed by atoms with Crippen LogP contribution in [-0.4, -0.2) is 28.8 Å². The summed E-state index contributed by atoms with van der Waals surface area (Å²) < 4.78 is 0. The van der Waals surface area contributed by atoms with Gasteiger partial charge in [-0.3, -0.25) is 9.59 Å². The molecule has 0 aliphatic heterocycles. The van der Waals surface area contributed by atoms with Crippen molar-refractivity contribution < 1.29 is 9.59 Å². The molecule has 1 saturated carbocycles. The van der Waals surface area contributed by atoms with Crippen molar-refractivity contribution >= 4 is 11.8 Å². The lowest BCUT2D eigenvalue weighted by Crippen LogP contribution is -2.50. The van der Waals surface area contributed by atoms with E-state index in [0.29, 0.717) is 19.4 Å². The van der Waals surface area contributed by atoms with Crippen molar-refractivity contribution in [2.45, 2.75) is 77.4 Å². The van der Waals surface area contributed by atoms with E-state index < -0.39 is 6.04 Å². The van der Waals surface area contributed by atoms with Gasteiger partial charge in [-0.25, -0.2) is 0 Å². The number of amides is 2. The summed E-state index contributed by atoms with van der Waals surface area (Å²) in [6.07, 6.45) is 6.75. The van der Waals surface area contributed by atoms with E-state index in [9.17, 15) is 9.59 Å². The first-order valence-corrected chi connectivity index (χ1v) is 11.2. The van der Waals surface area contributed by atoms with Gasteiger partial charge >= 0.3 is 0 Å².